The van der Waals surface area contributed by atoms with Gasteiger partial charge in [0.15, 0.2) is 0 Å². The summed E-state index contributed by atoms with van der Waals surface area (Å²) in [5, 5.41) is 4.13. The lowest BCUT2D eigenvalue weighted by molar-refractivity contribution is -0.139. The number of aryl methyl sites for hydroxylation is 1. The van der Waals surface area contributed by atoms with Gasteiger partial charge in [-0.15, -0.1) is 0 Å². The molecular formula is C16H15FN2O2. The fourth-order valence-electron chi connectivity index (χ4n) is 2.59. The van der Waals surface area contributed by atoms with Crippen LogP contribution in [0.1, 0.15) is 18.6 Å². The number of nitrogens with zero attached hydrogens (tertiary/aromatic N) is 2. The number of benzene rings is 1. The Morgan fingerprint density at radius 1 is 1.43 bits per heavy atom. The van der Waals surface area contributed by atoms with Crippen LogP contribution in [0.5, 0.6) is 0 Å². The number of aromatic nitrogens is 2. The van der Waals surface area contributed by atoms with Gasteiger partial charge in [-0.1, -0.05) is 19.6 Å². The molecule has 21 heavy (non-hydrogen) atoms. The molecule has 0 bridgehead atoms. The Morgan fingerprint density at radius 3 is 2.76 bits per heavy atom. The minimum absolute atomic E-state index is 0.185. The standard InChI is InChI=1S/C16H15FN2O2/c1-9-10(2)16(20)21-15(9)14-6-12(17)4-5-13(14)11-7-18-19(3)8-11/h4-9,15H,2H2,1,3H3. The molecule has 2 heterocycles. The molecule has 0 N–H and O–H groups in total. The van der Waals surface area contributed by atoms with Gasteiger partial charge < -0.3 is 4.74 Å². The number of ether oxygens (including phenoxy) is 1. The van der Waals surface area contributed by atoms with Crippen molar-refractivity contribution in [2.75, 3.05) is 0 Å². The van der Waals surface area contributed by atoms with Crippen LogP contribution in [0.3, 0.4) is 0 Å². The van der Waals surface area contributed by atoms with Crippen molar-refractivity contribution >= 4 is 5.97 Å². The van der Waals surface area contributed by atoms with Crippen molar-refractivity contribution in [1.82, 2.24) is 9.78 Å². The van der Waals surface area contributed by atoms with E-state index in [1.807, 2.05) is 20.2 Å². The topological polar surface area (TPSA) is 44.1 Å². The molecule has 1 aliphatic heterocycles. The van der Waals surface area contributed by atoms with Gasteiger partial charge in [0, 0.05) is 35.9 Å². The Balaban J connectivity index is 2.11. The normalized spacial score (nSPS) is 21.7. The van der Waals surface area contributed by atoms with Crippen molar-refractivity contribution in [1.29, 1.82) is 0 Å². The number of carbonyl (C=O) groups excluding carboxylic acids is 1. The average Bonchev–Trinajstić information content (AvgIpc) is 2.98. The number of esters is 1. The molecule has 0 radical (unpaired) electrons. The first-order valence-electron chi connectivity index (χ1n) is 6.65. The zero-order valence-corrected chi connectivity index (χ0v) is 11.8. The van der Waals surface area contributed by atoms with Gasteiger partial charge in [0.2, 0.25) is 0 Å². The van der Waals surface area contributed by atoms with Crippen molar-refractivity contribution in [3.05, 3.63) is 54.1 Å². The molecule has 2 unspecified atom stereocenters. The highest BCUT2D eigenvalue weighted by Gasteiger charge is 2.37. The zero-order chi connectivity index (χ0) is 15.1. The molecule has 2 aromatic rings. The van der Waals surface area contributed by atoms with E-state index in [1.165, 1.54) is 12.1 Å². The summed E-state index contributed by atoms with van der Waals surface area (Å²) in [6.07, 6.45) is 3.02. The van der Waals surface area contributed by atoms with Crippen molar-refractivity contribution in [3.8, 4) is 11.1 Å². The first-order chi connectivity index (χ1) is 9.97. The van der Waals surface area contributed by atoms with E-state index in [-0.39, 0.29) is 11.7 Å². The molecule has 0 spiro atoms. The lowest BCUT2D eigenvalue weighted by Crippen LogP contribution is -2.07. The maximum Gasteiger partial charge on any atom is 0.334 e. The predicted molar refractivity (Wildman–Crippen MR) is 75.7 cm³/mol. The second kappa shape index (κ2) is 4.84. The summed E-state index contributed by atoms with van der Waals surface area (Å²) in [4.78, 5) is 11.7. The Hall–Kier alpha value is -2.43. The summed E-state index contributed by atoms with van der Waals surface area (Å²) in [7, 11) is 1.81. The Kier molecular flexibility index (Phi) is 3.12. The molecule has 1 aromatic carbocycles. The number of carbonyl (C=O) groups is 1. The van der Waals surface area contributed by atoms with Gasteiger partial charge in [-0.2, -0.15) is 5.10 Å². The molecule has 2 atom stereocenters. The number of hydrogen-bond acceptors (Lipinski definition) is 3. The molecule has 1 aromatic heterocycles. The summed E-state index contributed by atoms with van der Waals surface area (Å²) in [6, 6.07) is 4.49. The molecule has 1 fully saturated rings. The number of rotatable bonds is 2. The van der Waals surface area contributed by atoms with Crippen LogP contribution in [-0.2, 0) is 16.6 Å². The second-order valence-corrected chi connectivity index (χ2v) is 5.27. The molecule has 0 amide bonds. The van der Waals surface area contributed by atoms with Gasteiger partial charge in [-0.3, -0.25) is 4.68 Å². The van der Waals surface area contributed by atoms with Crippen LogP contribution in [-0.4, -0.2) is 15.7 Å². The van der Waals surface area contributed by atoms with Gasteiger partial charge in [-0.05, 0) is 17.7 Å². The average molecular weight is 286 g/mol. The molecule has 0 aliphatic carbocycles. The van der Waals surface area contributed by atoms with Gasteiger partial charge >= 0.3 is 5.97 Å². The highest BCUT2D eigenvalue weighted by atomic mass is 19.1. The van der Waals surface area contributed by atoms with E-state index in [0.717, 1.165) is 11.1 Å². The zero-order valence-electron chi connectivity index (χ0n) is 11.8. The second-order valence-electron chi connectivity index (χ2n) is 5.27. The van der Waals surface area contributed by atoms with Gasteiger partial charge in [0.25, 0.3) is 0 Å². The third-order valence-electron chi connectivity index (χ3n) is 3.84. The third-order valence-corrected chi connectivity index (χ3v) is 3.84. The Morgan fingerprint density at radius 2 is 2.19 bits per heavy atom. The van der Waals surface area contributed by atoms with Gasteiger partial charge in [0.05, 0.1) is 6.20 Å². The minimum atomic E-state index is -0.518. The van der Waals surface area contributed by atoms with Gasteiger partial charge in [-0.25, -0.2) is 9.18 Å². The van der Waals surface area contributed by atoms with E-state index in [1.54, 1.807) is 16.9 Å². The van der Waals surface area contributed by atoms with Crippen LogP contribution < -0.4 is 0 Å². The molecule has 0 saturated carbocycles. The fourth-order valence-corrected chi connectivity index (χ4v) is 2.59. The van der Waals surface area contributed by atoms with Crippen LogP contribution in [0.4, 0.5) is 4.39 Å². The van der Waals surface area contributed by atoms with Crippen LogP contribution in [0.15, 0.2) is 42.7 Å². The molecule has 3 rings (SSSR count). The maximum atomic E-state index is 13.7. The first-order valence-corrected chi connectivity index (χ1v) is 6.65. The highest BCUT2D eigenvalue weighted by Crippen LogP contribution is 2.41. The first kappa shape index (κ1) is 13.5. The maximum absolute atomic E-state index is 13.7. The SMILES string of the molecule is C=C1C(=O)OC(c2cc(F)ccc2-c2cnn(C)c2)C1C. The van der Waals surface area contributed by atoms with Crippen molar-refractivity contribution in [2.45, 2.75) is 13.0 Å². The monoisotopic (exact) mass is 286 g/mol. The fraction of sp³-hybridized carbons (Fsp3) is 0.250. The smallest absolute Gasteiger partial charge is 0.334 e. The van der Waals surface area contributed by atoms with E-state index in [4.69, 9.17) is 4.74 Å². The number of halogens is 1. The quantitative estimate of drug-likeness (QED) is 0.629. The molecule has 108 valence electrons. The van der Waals surface area contributed by atoms with E-state index in [9.17, 15) is 9.18 Å². The van der Waals surface area contributed by atoms with E-state index < -0.39 is 12.1 Å². The van der Waals surface area contributed by atoms with Crippen LogP contribution in [0.2, 0.25) is 0 Å². The third kappa shape index (κ3) is 2.24. The van der Waals surface area contributed by atoms with Crippen LogP contribution in [0, 0.1) is 11.7 Å². The van der Waals surface area contributed by atoms with Crippen molar-refractivity contribution < 1.29 is 13.9 Å². The Labute approximate surface area is 121 Å². The predicted octanol–water partition coefficient (Wildman–Crippen LogP) is 3.02. The van der Waals surface area contributed by atoms with Crippen molar-refractivity contribution in [2.24, 2.45) is 13.0 Å². The molecular weight excluding hydrogens is 271 g/mol. The van der Waals surface area contributed by atoms with Gasteiger partial charge in [0.1, 0.15) is 11.9 Å². The largest absolute Gasteiger partial charge is 0.453 e. The molecule has 1 aliphatic rings. The summed E-state index contributed by atoms with van der Waals surface area (Å²) in [5.74, 6) is -0.970. The number of cyclic esters (lactones) is 1. The number of hydrogen-bond donors (Lipinski definition) is 0. The van der Waals surface area contributed by atoms with Crippen LogP contribution in [0.25, 0.3) is 11.1 Å². The minimum Gasteiger partial charge on any atom is -0.453 e. The van der Waals surface area contributed by atoms with E-state index in [2.05, 4.69) is 11.7 Å². The lowest BCUT2D eigenvalue weighted by Gasteiger charge is -2.17. The van der Waals surface area contributed by atoms with E-state index in [0.29, 0.717) is 11.1 Å². The highest BCUT2D eigenvalue weighted by molar-refractivity contribution is 5.91. The molecule has 5 heteroatoms. The Bertz CT molecular complexity index is 736. The molecule has 4 nitrogen and oxygen atoms in total. The molecule has 1 saturated heterocycles. The summed E-state index contributed by atoms with van der Waals surface area (Å²) in [6.45, 7) is 5.59. The van der Waals surface area contributed by atoms with E-state index >= 15 is 0 Å². The summed E-state index contributed by atoms with van der Waals surface area (Å²) in [5.41, 5.74) is 2.72. The van der Waals surface area contributed by atoms with Crippen molar-refractivity contribution in [3.63, 3.8) is 0 Å². The lowest BCUT2D eigenvalue weighted by atomic mass is 9.89. The van der Waals surface area contributed by atoms with Crippen LogP contribution >= 0.6 is 0 Å². The summed E-state index contributed by atoms with van der Waals surface area (Å²) < 4.78 is 20.7. The summed E-state index contributed by atoms with van der Waals surface area (Å²) >= 11 is 0.